The Kier molecular flexibility index (Phi) is 3.73. The van der Waals surface area contributed by atoms with E-state index in [1.807, 2.05) is 0 Å². The summed E-state index contributed by atoms with van der Waals surface area (Å²) in [5, 5.41) is 9.55. The lowest BCUT2D eigenvalue weighted by Gasteiger charge is -2.10. The van der Waals surface area contributed by atoms with Crippen LogP contribution in [0.4, 0.5) is 0 Å². The summed E-state index contributed by atoms with van der Waals surface area (Å²) in [6, 6.07) is 5.19. The predicted molar refractivity (Wildman–Crippen MR) is 64.7 cm³/mol. The molecule has 1 aliphatic rings. The van der Waals surface area contributed by atoms with E-state index in [2.05, 4.69) is 4.99 Å². The molecular weight excluding hydrogens is 238 g/mol. The van der Waals surface area contributed by atoms with Crippen LogP contribution in [0.15, 0.2) is 23.2 Å². The Balaban J connectivity index is 1.85. The first-order valence-corrected chi connectivity index (χ1v) is 5.41. The van der Waals surface area contributed by atoms with Crippen LogP contribution in [0.2, 0.25) is 0 Å². The SMILES string of the molecule is NC(N)=NC[C@@H](O)COc1ccc2c(c1)OCO2. The largest absolute Gasteiger partial charge is 0.491 e. The second-order valence-electron chi connectivity index (χ2n) is 3.75. The molecule has 0 unspecified atom stereocenters. The minimum Gasteiger partial charge on any atom is -0.491 e. The van der Waals surface area contributed by atoms with Crippen molar-refractivity contribution in [2.45, 2.75) is 6.10 Å². The predicted octanol–water partition coefficient (Wildman–Crippen LogP) is -0.572. The number of aliphatic hydroxyl groups excluding tert-OH is 1. The molecule has 98 valence electrons. The average Bonchev–Trinajstić information content (AvgIpc) is 2.81. The minimum atomic E-state index is -0.766. The van der Waals surface area contributed by atoms with Gasteiger partial charge in [-0.1, -0.05) is 0 Å². The van der Waals surface area contributed by atoms with Gasteiger partial charge in [0.15, 0.2) is 17.5 Å². The van der Waals surface area contributed by atoms with Crippen molar-refractivity contribution in [2.75, 3.05) is 19.9 Å². The number of ether oxygens (including phenoxy) is 3. The van der Waals surface area contributed by atoms with E-state index in [9.17, 15) is 5.11 Å². The molecule has 2 rings (SSSR count). The van der Waals surface area contributed by atoms with Gasteiger partial charge in [-0.15, -0.1) is 0 Å². The van der Waals surface area contributed by atoms with Crippen LogP contribution >= 0.6 is 0 Å². The molecule has 1 aliphatic heterocycles. The average molecular weight is 253 g/mol. The Labute approximate surface area is 104 Å². The van der Waals surface area contributed by atoms with Crippen molar-refractivity contribution >= 4 is 5.96 Å². The molecule has 0 saturated heterocycles. The maximum absolute atomic E-state index is 9.55. The summed E-state index contributed by atoms with van der Waals surface area (Å²) in [4.78, 5) is 3.69. The van der Waals surface area contributed by atoms with E-state index in [0.29, 0.717) is 17.2 Å². The van der Waals surface area contributed by atoms with Crippen molar-refractivity contribution < 1.29 is 19.3 Å². The van der Waals surface area contributed by atoms with Gasteiger partial charge in [-0.25, -0.2) is 0 Å². The summed E-state index contributed by atoms with van der Waals surface area (Å²) < 4.78 is 15.8. The first-order chi connectivity index (χ1) is 8.65. The fourth-order valence-corrected chi connectivity index (χ4v) is 1.42. The molecular formula is C11H15N3O4. The van der Waals surface area contributed by atoms with E-state index in [4.69, 9.17) is 25.7 Å². The molecule has 0 amide bonds. The Morgan fingerprint density at radius 2 is 2.17 bits per heavy atom. The van der Waals surface area contributed by atoms with Gasteiger partial charge < -0.3 is 30.8 Å². The van der Waals surface area contributed by atoms with Crippen LogP contribution in [0.3, 0.4) is 0 Å². The maximum atomic E-state index is 9.55. The van der Waals surface area contributed by atoms with Crippen molar-refractivity contribution in [2.24, 2.45) is 16.5 Å². The third-order valence-electron chi connectivity index (χ3n) is 2.27. The molecule has 5 N–H and O–H groups in total. The van der Waals surface area contributed by atoms with Crippen molar-refractivity contribution in [3.63, 3.8) is 0 Å². The highest BCUT2D eigenvalue weighted by molar-refractivity contribution is 5.75. The number of aliphatic hydroxyl groups is 1. The lowest BCUT2D eigenvalue weighted by Crippen LogP contribution is -2.27. The summed E-state index contributed by atoms with van der Waals surface area (Å²) in [6.45, 7) is 0.412. The van der Waals surface area contributed by atoms with E-state index in [1.165, 1.54) is 0 Å². The molecule has 7 nitrogen and oxygen atoms in total. The number of guanidine groups is 1. The molecule has 1 aromatic carbocycles. The zero-order chi connectivity index (χ0) is 13.0. The van der Waals surface area contributed by atoms with Gasteiger partial charge in [-0.3, -0.25) is 4.99 Å². The van der Waals surface area contributed by atoms with E-state index < -0.39 is 6.10 Å². The standard InChI is InChI=1S/C11H15N3O4/c12-11(13)14-4-7(15)5-16-8-1-2-9-10(3-8)18-6-17-9/h1-3,7,15H,4-6H2,(H4,12,13,14)/t7-/m1/s1. The van der Waals surface area contributed by atoms with Crippen molar-refractivity contribution in [3.05, 3.63) is 18.2 Å². The number of rotatable bonds is 5. The van der Waals surface area contributed by atoms with E-state index in [0.717, 1.165) is 0 Å². The number of hydrogen-bond donors (Lipinski definition) is 3. The number of benzene rings is 1. The van der Waals surface area contributed by atoms with E-state index in [1.54, 1.807) is 18.2 Å². The first kappa shape index (κ1) is 12.3. The number of nitrogens with zero attached hydrogens (tertiary/aromatic N) is 1. The van der Waals surface area contributed by atoms with Gasteiger partial charge in [0.05, 0.1) is 6.54 Å². The molecule has 7 heteroatoms. The molecule has 0 radical (unpaired) electrons. The topological polar surface area (TPSA) is 112 Å². The molecule has 0 aliphatic carbocycles. The van der Waals surface area contributed by atoms with Gasteiger partial charge in [0.25, 0.3) is 0 Å². The van der Waals surface area contributed by atoms with E-state index in [-0.39, 0.29) is 25.9 Å². The summed E-state index contributed by atoms with van der Waals surface area (Å²) in [5.74, 6) is 1.84. The van der Waals surface area contributed by atoms with Crippen molar-refractivity contribution in [3.8, 4) is 17.2 Å². The number of hydrogen-bond acceptors (Lipinski definition) is 5. The molecule has 0 spiro atoms. The van der Waals surface area contributed by atoms with Crippen LogP contribution in [-0.2, 0) is 0 Å². The lowest BCUT2D eigenvalue weighted by atomic mass is 10.3. The zero-order valence-electron chi connectivity index (χ0n) is 9.70. The third kappa shape index (κ3) is 3.17. The normalized spacial score (nSPS) is 14.1. The lowest BCUT2D eigenvalue weighted by molar-refractivity contribution is 0.114. The van der Waals surface area contributed by atoms with Crippen LogP contribution in [-0.4, -0.2) is 37.1 Å². The quantitative estimate of drug-likeness (QED) is 0.478. The fraction of sp³-hybridized carbons (Fsp3) is 0.364. The zero-order valence-corrected chi connectivity index (χ0v) is 9.70. The van der Waals surface area contributed by atoms with Crippen LogP contribution < -0.4 is 25.7 Å². The fourth-order valence-electron chi connectivity index (χ4n) is 1.42. The molecule has 0 aromatic heterocycles. The molecule has 1 heterocycles. The summed E-state index contributed by atoms with van der Waals surface area (Å²) in [7, 11) is 0. The van der Waals surface area contributed by atoms with Gasteiger partial charge in [0.2, 0.25) is 6.79 Å². The molecule has 1 atom stereocenters. The highest BCUT2D eigenvalue weighted by Gasteiger charge is 2.14. The Hall–Kier alpha value is -2.15. The van der Waals surface area contributed by atoms with Crippen molar-refractivity contribution in [1.82, 2.24) is 0 Å². The van der Waals surface area contributed by atoms with Crippen LogP contribution in [0.1, 0.15) is 0 Å². The Bertz CT molecular complexity index is 446. The second kappa shape index (κ2) is 5.46. The molecule has 0 bridgehead atoms. The smallest absolute Gasteiger partial charge is 0.231 e. The highest BCUT2D eigenvalue weighted by Crippen LogP contribution is 2.35. The van der Waals surface area contributed by atoms with Gasteiger partial charge in [0, 0.05) is 6.07 Å². The van der Waals surface area contributed by atoms with Gasteiger partial charge in [0.1, 0.15) is 18.5 Å². The second-order valence-corrected chi connectivity index (χ2v) is 3.75. The van der Waals surface area contributed by atoms with Gasteiger partial charge in [-0.05, 0) is 12.1 Å². The molecule has 18 heavy (non-hydrogen) atoms. The molecule has 0 fully saturated rings. The van der Waals surface area contributed by atoms with Gasteiger partial charge >= 0.3 is 0 Å². The Morgan fingerprint density at radius 1 is 1.39 bits per heavy atom. The van der Waals surface area contributed by atoms with Gasteiger partial charge in [-0.2, -0.15) is 0 Å². The summed E-state index contributed by atoms with van der Waals surface area (Å²) in [6.07, 6.45) is -0.766. The molecule has 0 saturated carbocycles. The highest BCUT2D eigenvalue weighted by atomic mass is 16.7. The number of fused-ring (bicyclic) bond motifs is 1. The molecule has 1 aromatic rings. The van der Waals surface area contributed by atoms with Crippen LogP contribution in [0.5, 0.6) is 17.2 Å². The van der Waals surface area contributed by atoms with Crippen LogP contribution in [0.25, 0.3) is 0 Å². The van der Waals surface area contributed by atoms with E-state index >= 15 is 0 Å². The van der Waals surface area contributed by atoms with Crippen LogP contribution in [0, 0.1) is 0 Å². The Morgan fingerprint density at radius 3 is 2.94 bits per heavy atom. The number of nitrogens with two attached hydrogens (primary N) is 2. The summed E-state index contributed by atoms with van der Waals surface area (Å²) in [5.41, 5.74) is 10.3. The minimum absolute atomic E-state index is 0.0582. The maximum Gasteiger partial charge on any atom is 0.231 e. The summed E-state index contributed by atoms with van der Waals surface area (Å²) >= 11 is 0. The van der Waals surface area contributed by atoms with Crippen molar-refractivity contribution in [1.29, 1.82) is 0 Å². The number of aliphatic imine (C=N–C) groups is 1. The first-order valence-electron chi connectivity index (χ1n) is 5.41. The monoisotopic (exact) mass is 253 g/mol. The third-order valence-corrected chi connectivity index (χ3v) is 2.27.